The van der Waals surface area contributed by atoms with Crippen molar-refractivity contribution in [3.63, 3.8) is 0 Å². The molecule has 0 atom stereocenters. The van der Waals surface area contributed by atoms with Crippen LogP contribution in [0.5, 0.6) is 0 Å². The summed E-state index contributed by atoms with van der Waals surface area (Å²) in [7, 11) is 0. The van der Waals surface area contributed by atoms with Gasteiger partial charge in [-0.05, 0) is 31.4 Å². The fraction of sp³-hybridized carbons (Fsp3) is 0.500. The zero-order valence-electron chi connectivity index (χ0n) is 11.5. The molecule has 20 heavy (non-hydrogen) atoms. The largest absolute Gasteiger partial charge is 0.369 e. The summed E-state index contributed by atoms with van der Waals surface area (Å²) in [5.41, 5.74) is 5.61. The van der Waals surface area contributed by atoms with Gasteiger partial charge in [0.05, 0.1) is 5.56 Å². The maximum absolute atomic E-state index is 12.0. The summed E-state index contributed by atoms with van der Waals surface area (Å²) in [5, 5.41) is 3.01. The van der Waals surface area contributed by atoms with E-state index in [9.17, 15) is 9.59 Å². The van der Waals surface area contributed by atoms with Crippen LogP contribution in [0, 0.1) is 0 Å². The number of nitrogens with one attached hydrogen (secondary N) is 1. The molecule has 0 unspecified atom stereocenters. The molecule has 6 heteroatoms. The van der Waals surface area contributed by atoms with Gasteiger partial charge in [0, 0.05) is 32.3 Å². The van der Waals surface area contributed by atoms with Crippen molar-refractivity contribution in [3.8, 4) is 0 Å². The van der Waals surface area contributed by atoms with Gasteiger partial charge in [-0.1, -0.05) is 0 Å². The van der Waals surface area contributed by atoms with E-state index in [0.29, 0.717) is 24.3 Å². The first-order chi connectivity index (χ1) is 9.68. The molecule has 0 aromatic carbocycles. The van der Waals surface area contributed by atoms with Crippen molar-refractivity contribution >= 4 is 17.6 Å². The molecule has 0 bridgehead atoms. The Bertz CT molecular complexity index is 484. The van der Waals surface area contributed by atoms with Crippen LogP contribution in [0.1, 0.15) is 36.0 Å². The molecule has 1 fully saturated rings. The number of carbonyl (C=O) groups is 2. The van der Waals surface area contributed by atoms with E-state index in [1.165, 1.54) is 6.42 Å². The molecule has 0 spiro atoms. The van der Waals surface area contributed by atoms with Crippen molar-refractivity contribution in [3.05, 3.63) is 23.9 Å². The number of pyridine rings is 1. The van der Waals surface area contributed by atoms with E-state index in [4.69, 9.17) is 5.73 Å². The van der Waals surface area contributed by atoms with Gasteiger partial charge >= 0.3 is 0 Å². The van der Waals surface area contributed by atoms with Crippen LogP contribution < -0.4 is 11.1 Å². The number of piperidine rings is 1. The first-order valence-corrected chi connectivity index (χ1v) is 6.95. The summed E-state index contributed by atoms with van der Waals surface area (Å²) < 4.78 is 0. The van der Waals surface area contributed by atoms with Crippen LogP contribution >= 0.6 is 0 Å². The van der Waals surface area contributed by atoms with Crippen LogP contribution in [0.15, 0.2) is 18.3 Å². The highest BCUT2D eigenvalue weighted by molar-refractivity contribution is 5.97. The Morgan fingerprint density at radius 2 is 2.05 bits per heavy atom. The molecular weight excluding hydrogens is 256 g/mol. The quantitative estimate of drug-likeness (QED) is 0.839. The molecule has 1 aliphatic heterocycles. The smallest absolute Gasteiger partial charge is 0.252 e. The SMILES string of the molecule is NC(=O)c1cccnc1NCCC(=O)N1CCCCC1. The standard InChI is InChI=1S/C14H20N4O2/c15-13(20)11-5-4-7-16-14(11)17-8-6-12(19)18-9-2-1-3-10-18/h4-5,7H,1-3,6,8-10H2,(H2,15,20)(H,16,17). The van der Waals surface area contributed by atoms with E-state index < -0.39 is 5.91 Å². The first-order valence-electron chi connectivity index (χ1n) is 6.95. The van der Waals surface area contributed by atoms with Gasteiger partial charge in [-0.2, -0.15) is 0 Å². The van der Waals surface area contributed by atoms with Crippen molar-refractivity contribution in [1.29, 1.82) is 0 Å². The van der Waals surface area contributed by atoms with Crippen LogP contribution in [0.4, 0.5) is 5.82 Å². The van der Waals surface area contributed by atoms with Crippen molar-refractivity contribution in [1.82, 2.24) is 9.88 Å². The molecule has 0 saturated carbocycles. The van der Waals surface area contributed by atoms with Crippen LogP contribution in [0.3, 0.4) is 0 Å². The topological polar surface area (TPSA) is 88.3 Å². The predicted molar refractivity (Wildman–Crippen MR) is 76.3 cm³/mol. The molecular formula is C14H20N4O2. The van der Waals surface area contributed by atoms with Crippen LogP contribution in [0.2, 0.25) is 0 Å². The Morgan fingerprint density at radius 1 is 1.30 bits per heavy atom. The molecule has 1 aromatic heterocycles. The third kappa shape index (κ3) is 3.69. The Balaban J connectivity index is 1.83. The van der Waals surface area contributed by atoms with Gasteiger partial charge in [-0.15, -0.1) is 0 Å². The molecule has 2 rings (SSSR count). The van der Waals surface area contributed by atoms with Gasteiger partial charge in [-0.25, -0.2) is 4.98 Å². The van der Waals surface area contributed by atoms with E-state index in [1.807, 2.05) is 4.90 Å². The molecule has 1 aromatic rings. The molecule has 2 heterocycles. The number of rotatable bonds is 5. The van der Waals surface area contributed by atoms with E-state index in [0.717, 1.165) is 25.9 Å². The normalized spacial score (nSPS) is 14.9. The first kappa shape index (κ1) is 14.3. The molecule has 6 nitrogen and oxygen atoms in total. The van der Waals surface area contributed by atoms with E-state index in [-0.39, 0.29) is 5.91 Å². The van der Waals surface area contributed by atoms with Crippen molar-refractivity contribution in [2.75, 3.05) is 25.0 Å². The summed E-state index contributed by atoms with van der Waals surface area (Å²) in [6.45, 7) is 2.16. The minimum absolute atomic E-state index is 0.147. The lowest BCUT2D eigenvalue weighted by molar-refractivity contribution is -0.131. The van der Waals surface area contributed by atoms with Gasteiger partial charge < -0.3 is 16.0 Å². The monoisotopic (exact) mass is 276 g/mol. The Kier molecular flexibility index (Phi) is 4.92. The number of primary amides is 1. The Hall–Kier alpha value is -2.11. The molecule has 2 amide bonds. The van der Waals surface area contributed by atoms with Crippen LogP contribution in [-0.2, 0) is 4.79 Å². The fourth-order valence-electron chi connectivity index (χ4n) is 2.33. The molecule has 0 radical (unpaired) electrons. The van der Waals surface area contributed by atoms with Gasteiger partial charge in [0.2, 0.25) is 5.91 Å². The van der Waals surface area contributed by atoms with Gasteiger partial charge in [0.1, 0.15) is 5.82 Å². The highest BCUT2D eigenvalue weighted by Crippen LogP contribution is 2.12. The maximum Gasteiger partial charge on any atom is 0.252 e. The molecule has 1 aliphatic rings. The number of carbonyl (C=O) groups excluding carboxylic acids is 2. The van der Waals surface area contributed by atoms with Crippen LogP contribution in [0.25, 0.3) is 0 Å². The van der Waals surface area contributed by atoms with Gasteiger partial charge in [0.15, 0.2) is 0 Å². The lowest BCUT2D eigenvalue weighted by Gasteiger charge is -2.26. The minimum atomic E-state index is -0.525. The molecule has 1 saturated heterocycles. The predicted octanol–water partition coefficient (Wildman–Crippen LogP) is 0.995. The Labute approximate surface area is 118 Å². The number of amides is 2. The van der Waals surface area contributed by atoms with Crippen molar-refractivity contribution in [2.45, 2.75) is 25.7 Å². The van der Waals surface area contributed by atoms with E-state index in [1.54, 1.807) is 18.3 Å². The molecule has 0 aliphatic carbocycles. The minimum Gasteiger partial charge on any atom is -0.369 e. The zero-order valence-corrected chi connectivity index (χ0v) is 11.5. The lowest BCUT2D eigenvalue weighted by atomic mass is 10.1. The number of anilines is 1. The summed E-state index contributed by atoms with van der Waals surface area (Å²) >= 11 is 0. The summed E-state index contributed by atoms with van der Waals surface area (Å²) in [6.07, 6.45) is 5.37. The third-order valence-electron chi connectivity index (χ3n) is 3.41. The second kappa shape index (κ2) is 6.88. The van der Waals surface area contributed by atoms with Crippen molar-refractivity contribution < 1.29 is 9.59 Å². The molecule has 3 N–H and O–H groups in total. The average Bonchev–Trinajstić information content (AvgIpc) is 2.48. The summed E-state index contributed by atoms with van der Waals surface area (Å²) in [6, 6.07) is 3.27. The van der Waals surface area contributed by atoms with Crippen LogP contribution in [-0.4, -0.2) is 41.3 Å². The van der Waals surface area contributed by atoms with Gasteiger partial charge in [0.25, 0.3) is 5.91 Å². The van der Waals surface area contributed by atoms with E-state index in [2.05, 4.69) is 10.3 Å². The zero-order chi connectivity index (χ0) is 14.4. The highest BCUT2D eigenvalue weighted by atomic mass is 16.2. The molecule has 108 valence electrons. The van der Waals surface area contributed by atoms with E-state index >= 15 is 0 Å². The number of hydrogen-bond donors (Lipinski definition) is 2. The number of nitrogens with zero attached hydrogens (tertiary/aromatic N) is 2. The number of nitrogens with two attached hydrogens (primary N) is 1. The maximum atomic E-state index is 12.0. The van der Waals surface area contributed by atoms with Crippen molar-refractivity contribution in [2.24, 2.45) is 5.73 Å². The lowest BCUT2D eigenvalue weighted by Crippen LogP contribution is -2.36. The second-order valence-electron chi connectivity index (χ2n) is 4.88. The highest BCUT2D eigenvalue weighted by Gasteiger charge is 2.16. The number of hydrogen-bond acceptors (Lipinski definition) is 4. The number of aromatic nitrogens is 1. The fourth-order valence-corrected chi connectivity index (χ4v) is 2.33. The Morgan fingerprint density at radius 3 is 2.75 bits per heavy atom. The second-order valence-corrected chi connectivity index (χ2v) is 4.88. The summed E-state index contributed by atoms with van der Waals surface area (Å²) in [4.78, 5) is 29.2. The number of likely N-dealkylation sites (tertiary alicyclic amines) is 1. The summed E-state index contributed by atoms with van der Waals surface area (Å²) in [5.74, 6) is 0.0585. The average molecular weight is 276 g/mol. The third-order valence-corrected chi connectivity index (χ3v) is 3.41. The van der Waals surface area contributed by atoms with Gasteiger partial charge in [-0.3, -0.25) is 9.59 Å².